The summed E-state index contributed by atoms with van der Waals surface area (Å²) < 4.78 is 0. The number of unbranched alkanes of at least 4 members (excludes halogenated alkanes) is 1. The summed E-state index contributed by atoms with van der Waals surface area (Å²) in [6, 6.07) is 6.82. The van der Waals surface area contributed by atoms with Crippen LogP contribution in [0.4, 0.5) is 5.69 Å². The van der Waals surface area contributed by atoms with Gasteiger partial charge in [0.25, 0.3) is 5.69 Å². The van der Waals surface area contributed by atoms with Gasteiger partial charge < -0.3 is 10.2 Å². The van der Waals surface area contributed by atoms with E-state index >= 15 is 0 Å². The Balaban J connectivity index is 1.58. The van der Waals surface area contributed by atoms with Crippen molar-refractivity contribution in [3.05, 3.63) is 39.9 Å². The van der Waals surface area contributed by atoms with Gasteiger partial charge in [-0.05, 0) is 57.4 Å². The van der Waals surface area contributed by atoms with E-state index in [0.29, 0.717) is 6.54 Å². The van der Waals surface area contributed by atoms with Crippen LogP contribution in [0.15, 0.2) is 24.3 Å². The lowest BCUT2D eigenvalue weighted by atomic mass is 10.2. The second kappa shape index (κ2) is 7.97. The maximum atomic E-state index is 10.7. The van der Waals surface area contributed by atoms with E-state index in [9.17, 15) is 10.1 Å². The van der Waals surface area contributed by atoms with Gasteiger partial charge in [-0.25, -0.2) is 0 Å². The van der Waals surface area contributed by atoms with Crippen LogP contribution in [-0.2, 0) is 6.54 Å². The normalized spacial score (nSPS) is 15.6. The minimum Gasteiger partial charge on any atom is -0.313 e. The largest absolute Gasteiger partial charge is 0.313 e. The molecule has 2 rings (SSSR count). The number of benzene rings is 1. The lowest BCUT2D eigenvalue weighted by Gasteiger charge is -2.14. The minimum atomic E-state index is -0.348. The molecule has 1 aliphatic heterocycles. The summed E-state index contributed by atoms with van der Waals surface area (Å²) in [6.07, 6.45) is 5.09. The average Bonchev–Trinajstić information content (AvgIpc) is 2.96. The first-order chi connectivity index (χ1) is 9.75. The van der Waals surface area contributed by atoms with E-state index in [0.717, 1.165) is 18.5 Å². The molecule has 0 aromatic heterocycles. The summed E-state index contributed by atoms with van der Waals surface area (Å²) in [4.78, 5) is 12.9. The van der Waals surface area contributed by atoms with E-state index in [2.05, 4.69) is 10.2 Å². The van der Waals surface area contributed by atoms with E-state index < -0.39 is 0 Å². The summed E-state index contributed by atoms with van der Waals surface area (Å²) in [7, 11) is 0. The topological polar surface area (TPSA) is 58.4 Å². The summed E-state index contributed by atoms with van der Waals surface area (Å²) in [5.74, 6) is 0. The SMILES string of the molecule is O=[N+]([O-])c1cccc(CNCCCCN2CCCC2)c1. The van der Waals surface area contributed by atoms with Gasteiger partial charge >= 0.3 is 0 Å². The second-order valence-electron chi connectivity index (χ2n) is 5.36. The van der Waals surface area contributed by atoms with Crippen LogP contribution < -0.4 is 5.32 Å². The Kier molecular flexibility index (Phi) is 5.95. The highest BCUT2D eigenvalue weighted by molar-refractivity contribution is 5.34. The van der Waals surface area contributed by atoms with Gasteiger partial charge in [0.15, 0.2) is 0 Å². The third-order valence-corrected chi connectivity index (χ3v) is 3.73. The van der Waals surface area contributed by atoms with Gasteiger partial charge in [-0.1, -0.05) is 12.1 Å². The van der Waals surface area contributed by atoms with Crippen molar-refractivity contribution in [3.8, 4) is 0 Å². The van der Waals surface area contributed by atoms with Crippen LogP contribution in [0.5, 0.6) is 0 Å². The van der Waals surface area contributed by atoms with Gasteiger partial charge in [-0.2, -0.15) is 0 Å². The van der Waals surface area contributed by atoms with Crippen molar-refractivity contribution in [2.24, 2.45) is 0 Å². The molecule has 0 atom stereocenters. The monoisotopic (exact) mass is 277 g/mol. The molecule has 110 valence electrons. The average molecular weight is 277 g/mol. The third kappa shape index (κ3) is 4.90. The summed E-state index contributed by atoms with van der Waals surface area (Å²) in [6.45, 7) is 5.41. The number of likely N-dealkylation sites (tertiary alicyclic amines) is 1. The third-order valence-electron chi connectivity index (χ3n) is 3.73. The molecular formula is C15H23N3O2. The summed E-state index contributed by atoms with van der Waals surface area (Å²) in [5.41, 5.74) is 1.14. The predicted molar refractivity (Wildman–Crippen MR) is 79.7 cm³/mol. The molecule has 20 heavy (non-hydrogen) atoms. The predicted octanol–water partition coefficient (Wildman–Crippen LogP) is 2.56. The number of hydrogen-bond donors (Lipinski definition) is 1. The molecule has 1 aliphatic rings. The molecule has 1 heterocycles. The summed E-state index contributed by atoms with van der Waals surface area (Å²) >= 11 is 0. The maximum absolute atomic E-state index is 10.7. The summed E-state index contributed by atoms with van der Waals surface area (Å²) in [5, 5.41) is 14.0. The lowest BCUT2D eigenvalue weighted by molar-refractivity contribution is -0.384. The fraction of sp³-hybridized carbons (Fsp3) is 0.600. The fourth-order valence-corrected chi connectivity index (χ4v) is 2.60. The maximum Gasteiger partial charge on any atom is 0.269 e. The van der Waals surface area contributed by atoms with Crippen LogP contribution in [0, 0.1) is 10.1 Å². The van der Waals surface area contributed by atoms with Gasteiger partial charge in [0.05, 0.1) is 4.92 Å². The van der Waals surface area contributed by atoms with Gasteiger partial charge in [0.1, 0.15) is 0 Å². The molecular weight excluding hydrogens is 254 g/mol. The molecule has 5 nitrogen and oxygen atoms in total. The first-order valence-corrected chi connectivity index (χ1v) is 7.42. The standard InChI is InChI=1S/C15H23N3O2/c19-18(20)15-7-5-6-14(12-15)13-16-8-1-2-9-17-10-3-4-11-17/h5-7,12,16H,1-4,8-11,13H2. The van der Waals surface area contributed by atoms with Crippen molar-refractivity contribution in [1.29, 1.82) is 0 Å². The van der Waals surface area contributed by atoms with Crippen LogP contribution in [0.3, 0.4) is 0 Å². The zero-order valence-corrected chi connectivity index (χ0v) is 11.9. The molecule has 1 fully saturated rings. The molecule has 0 unspecified atom stereocenters. The Morgan fingerprint density at radius 1 is 1.25 bits per heavy atom. The van der Waals surface area contributed by atoms with Gasteiger partial charge in [-0.3, -0.25) is 10.1 Å². The van der Waals surface area contributed by atoms with E-state index in [1.165, 1.54) is 45.0 Å². The Morgan fingerprint density at radius 3 is 2.80 bits per heavy atom. The van der Waals surface area contributed by atoms with E-state index in [1.54, 1.807) is 12.1 Å². The first-order valence-electron chi connectivity index (χ1n) is 7.42. The molecule has 5 heteroatoms. The molecule has 0 amide bonds. The number of nitro groups is 1. The Labute approximate surface area is 120 Å². The van der Waals surface area contributed by atoms with Crippen molar-refractivity contribution in [2.45, 2.75) is 32.2 Å². The van der Waals surface area contributed by atoms with Crippen molar-refractivity contribution in [2.75, 3.05) is 26.2 Å². The van der Waals surface area contributed by atoms with Crippen molar-refractivity contribution in [1.82, 2.24) is 10.2 Å². The lowest BCUT2D eigenvalue weighted by Crippen LogP contribution is -2.22. The molecule has 1 N–H and O–H groups in total. The van der Waals surface area contributed by atoms with E-state index in [-0.39, 0.29) is 10.6 Å². The Hall–Kier alpha value is -1.46. The quantitative estimate of drug-likeness (QED) is 0.451. The van der Waals surface area contributed by atoms with Crippen LogP contribution in [0.1, 0.15) is 31.2 Å². The fourth-order valence-electron chi connectivity index (χ4n) is 2.60. The minimum absolute atomic E-state index is 0.165. The first kappa shape index (κ1) is 14.9. The number of nitrogens with one attached hydrogen (secondary N) is 1. The number of nitro benzene ring substituents is 1. The van der Waals surface area contributed by atoms with Gasteiger partial charge in [0, 0.05) is 18.7 Å². The molecule has 1 aromatic rings. The molecule has 1 saturated heterocycles. The zero-order chi connectivity index (χ0) is 14.2. The van der Waals surface area contributed by atoms with Gasteiger partial charge in [0.2, 0.25) is 0 Å². The van der Waals surface area contributed by atoms with Crippen LogP contribution in [-0.4, -0.2) is 36.0 Å². The molecule has 0 spiro atoms. The zero-order valence-electron chi connectivity index (χ0n) is 11.9. The van der Waals surface area contributed by atoms with Crippen LogP contribution in [0.25, 0.3) is 0 Å². The number of rotatable bonds is 8. The van der Waals surface area contributed by atoms with Crippen LogP contribution >= 0.6 is 0 Å². The van der Waals surface area contributed by atoms with Crippen LogP contribution in [0.2, 0.25) is 0 Å². The Morgan fingerprint density at radius 2 is 2.05 bits per heavy atom. The van der Waals surface area contributed by atoms with Crippen molar-refractivity contribution in [3.63, 3.8) is 0 Å². The highest BCUT2D eigenvalue weighted by Gasteiger charge is 2.10. The van der Waals surface area contributed by atoms with Gasteiger partial charge in [-0.15, -0.1) is 0 Å². The van der Waals surface area contributed by atoms with Crippen molar-refractivity contribution < 1.29 is 4.92 Å². The number of nitrogens with zero attached hydrogens (tertiary/aromatic N) is 2. The molecule has 0 bridgehead atoms. The Bertz CT molecular complexity index is 431. The highest BCUT2D eigenvalue weighted by Crippen LogP contribution is 2.12. The van der Waals surface area contributed by atoms with E-state index in [1.807, 2.05) is 6.07 Å². The number of non-ortho nitro benzene ring substituents is 1. The molecule has 0 aliphatic carbocycles. The second-order valence-corrected chi connectivity index (χ2v) is 5.36. The smallest absolute Gasteiger partial charge is 0.269 e. The molecule has 0 saturated carbocycles. The van der Waals surface area contributed by atoms with E-state index in [4.69, 9.17) is 0 Å². The highest BCUT2D eigenvalue weighted by atomic mass is 16.6. The van der Waals surface area contributed by atoms with Crippen molar-refractivity contribution >= 4 is 5.69 Å². The molecule has 0 radical (unpaired) electrons. The molecule has 1 aromatic carbocycles. The number of hydrogen-bond acceptors (Lipinski definition) is 4.